The van der Waals surface area contributed by atoms with E-state index in [9.17, 15) is 9.50 Å². The van der Waals surface area contributed by atoms with Crippen LogP contribution in [0.5, 0.6) is 0 Å². The summed E-state index contributed by atoms with van der Waals surface area (Å²) in [5.41, 5.74) is 2.37. The Labute approximate surface area is 126 Å². The summed E-state index contributed by atoms with van der Waals surface area (Å²) in [5, 5.41) is 9.98. The number of aliphatic hydroxyl groups excluding tert-OH is 1. The molecule has 0 aromatic heterocycles. The normalized spacial score (nSPS) is 24.8. The van der Waals surface area contributed by atoms with E-state index in [0.29, 0.717) is 17.2 Å². The van der Waals surface area contributed by atoms with Crippen LogP contribution in [0.2, 0.25) is 0 Å². The van der Waals surface area contributed by atoms with Crippen LogP contribution in [0.25, 0.3) is 0 Å². The van der Waals surface area contributed by atoms with Gasteiger partial charge in [0.1, 0.15) is 5.82 Å². The molecule has 0 saturated carbocycles. The third kappa shape index (κ3) is 2.92. The fourth-order valence-corrected chi connectivity index (χ4v) is 3.66. The quantitative estimate of drug-likeness (QED) is 0.908. The Kier molecular flexibility index (Phi) is 4.18. The van der Waals surface area contributed by atoms with Crippen molar-refractivity contribution in [1.82, 2.24) is 4.90 Å². The van der Waals surface area contributed by atoms with Crippen LogP contribution in [0.1, 0.15) is 43.4 Å². The molecule has 2 saturated heterocycles. The highest BCUT2D eigenvalue weighted by Gasteiger charge is 2.30. The highest BCUT2D eigenvalue weighted by Crippen LogP contribution is 2.32. The number of rotatable bonds is 2. The first-order valence-electron chi connectivity index (χ1n) is 8.03. The SMILES string of the molecule is Cc1cc(N2CCN3CCCCC3C2)c([C@@H](C)O)cc1F. The Balaban J connectivity index is 1.87. The molecule has 21 heavy (non-hydrogen) atoms. The van der Waals surface area contributed by atoms with Gasteiger partial charge in [0.2, 0.25) is 0 Å². The van der Waals surface area contributed by atoms with E-state index in [-0.39, 0.29) is 5.82 Å². The second kappa shape index (κ2) is 5.93. The van der Waals surface area contributed by atoms with Crippen molar-refractivity contribution in [3.63, 3.8) is 0 Å². The summed E-state index contributed by atoms with van der Waals surface area (Å²) in [6.07, 6.45) is 3.23. The van der Waals surface area contributed by atoms with Crippen LogP contribution in [0.4, 0.5) is 10.1 Å². The summed E-state index contributed by atoms with van der Waals surface area (Å²) in [5.74, 6) is -0.231. The lowest BCUT2D eigenvalue weighted by molar-refractivity contribution is 0.133. The van der Waals surface area contributed by atoms with Gasteiger partial charge in [-0.3, -0.25) is 4.90 Å². The van der Waals surface area contributed by atoms with Gasteiger partial charge >= 0.3 is 0 Å². The lowest BCUT2D eigenvalue weighted by Crippen LogP contribution is -2.55. The lowest BCUT2D eigenvalue weighted by Gasteiger charge is -2.45. The maximum absolute atomic E-state index is 13.8. The molecule has 2 heterocycles. The number of fused-ring (bicyclic) bond motifs is 1. The van der Waals surface area contributed by atoms with Crippen molar-refractivity contribution < 1.29 is 9.50 Å². The van der Waals surface area contributed by atoms with Crippen molar-refractivity contribution >= 4 is 5.69 Å². The van der Waals surface area contributed by atoms with Gasteiger partial charge in [-0.2, -0.15) is 0 Å². The topological polar surface area (TPSA) is 26.7 Å². The van der Waals surface area contributed by atoms with Gasteiger partial charge < -0.3 is 10.0 Å². The van der Waals surface area contributed by atoms with Gasteiger partial charge in [0, 0.05) is 36.9 Å². The van der Waals surface area contributed by atoms with Gasteiger partial charge in [0.25, 0.3) is 0 Å². The minimum absolute atomic E-state index is 0.231. The number of halogens is 1. The summed E-state index contributed by atoms with van der Waals surface area (Å²) < 4.78 is 13.8. The van der Waals surface area contributed by atoms with Crippen LogP contribution < -0.4 is 4.90 Å². The molecule has 0 amide bonds. The van der Waals surface area contributed by atoms with E-state index < -0.39 is 6.10 Å². The zero-order valence-electron chi connectivity index (χ0n) is 13.0. The van der Waals surface area contributed by atoms with Crippen molar-refractivity contribution in [2.24, 2.45) is 0 Å². The number of hydrogen-bond acceptors (Lipinski definition) is 3. The van der Waals surface area contributed by atoms with Crippen LogP contribution in [0, 0.1) is 12.7 Å². The van der Waals surface area contributed by atoms with Crippen molar-refractivity contribution in [3.8, 4) is 0 Å². The van der Waals surface area contributed by atoms with Gasteiger partial charge in [-0.05, 0) is 50.9 Å². The van der Waals surface area contributed by atoms with E-state index >= 15 is 0 Å². The van der Waals surface area contributed by atoms with Crippen LogP contribution in [-0.4, -0.2) is 42.2 Å². The minimum atomic E-state index is -0.639. The smallest absolute Gasteiger partial charge is 0.126 e. The monoisotopic (exact) mass is 292 g/mol. The fourth-order valence-electron chi connectivity index (χ4n) is 3.66. The van der Waals surface area contributed by atoms with Gasteiger partial charge in [0.05, 0.1) is 6.10 Å². The number of hydrogen-bond donors (Lipinski definition) is 1. The van der Waals surface area contributed by atoms with Gasteiger partial charge in [0.15, 0.2) is 0 Å². The number of piperidine rings is 1. The molecule has 3 nitrogen and oxygen atoms in total. The van der Waals surface area contributed by atoms with Crippen molar-refractivity contribution in [2.45, 2.75) is 45.3 Å². The third-order valence-electron chi connectivity index (χ3n) is 4.94. The highest BCUT2D eigenvalue weighted by atomic mass is 19.1. The Morgan fingerprint density at radius 1 is 1.24 bits per heavy atom. The molecule has 2 fully saturated rings. The number of nitrogens with zero attached hydrogens (tertiary/aromatic N) is 2. The molecule has 1 aromatic carbocycles. The summed E-state index contributed by atoms with van der Waals surface area (Å²) in [6, 6.07) is 4.01. The number of piperazine rings is 1. The molecule has 0 spiro atoms. The second-order valence-corrected chi connectivity index (χ2v) is 6.47. The van der Waals surface area contributed by atoms with Crippen LogP contribution in [0.3, 0.4) is 0 Å². The maximum Gasteiger partial charge on any atom is 0.126 e. The molecule has 0 radical (unpaired) electrons. The fraction of sp³-hybridized carbons (Fsp3) is 0.647. The first-order chi connectivity index (χ1) is 10.1. The highest BCUT2D eigenvalue weighted by molar-refractivity contribution is 5.57. The van der Waals surface area contributed by atoms with Crippen LogP contribution >= 0.6 is 0 Å². The Morgan fingerprint density at radius 3 is 2.81 bits per heavy atom. The van der Waals surface area contributed by atoms with E-state index in [2.05, 4.69) is 9.80 Å². The molecule has 2 aliphatic heterocycles. The molecule has 4 heteroatoms. The maximum atomic E-state index is 13.8. The predicted molar refractivity (Wildman–Crippen MR) is 83.2 cm³/mol. The molecular weight excluding hydrogens is 267 g/mol. The van der Waals surface area contributed by atoms with E-state index in [1.165, 1.54) is 31.9 Å². The van der Waals surface area contributed by atoms with Crippen molar-refractivity contribution in [2.75, 3.05) is 31.1 Å². The average Bonchev–Trinajstić information content (AvgIpc) is 2.49. The molecule has 2 aliphatic rings. The Morgan fingerprint density at radius 2 is 2.05 bits per heavy atom. The van der Waals surface area contributed by atoms with Crippen LogP contribution in [0.15, 0.2) is 12.1 Å². The van der Waals surface area contributed by atoms with E-state index in [4.69, 9.17) is 0 Å². The lowest BCUT2D eigenvalue weighted by atomic mass is 9.97. The molecule has 0 aliphatic carbocycles. The molecule has 0 bridgehead atoms. The Bertz CT molecular complexity index is 518. The summed E-state index contributed by atoms with van der Waals surface area (Å²) in [4.78, 5) is 4.92. The molecule has 1 unspecified atom stereocenters. The molecule has 3 rings (SSSR count). The first-order valence-corrected chi connectivity index (χ1v) is 8.03. The molecule has 116 valence electrons. The van der Waals surface area contributed by atoms with Gasteiger partial charge in [-0.25, -0.2) is 4.39 Å². The standard InChI is InChI=1S/C17H25FN2O/c1-12-9-17(15(13(2)21)10-16(12)18)20-8-7-19-6-4-3-5-14(19)11-20/h9-10,13-14,21H,3-8,11H2,1-2H3/t13-,14?/m1/s1. The number of aliphatic hydroxyl groups is 1. The number of anilines is 1. The molecule has 1 N–H and O–H groups in total. The van der Waals surface area contributed by atoms with Crippen LogP contribution in [-0.2, 0) is 0 Å². The van der Waals surface area contributed by atoms with E-state index in [1.807, 2.05) is 6.07 Å². The summed E-state index contributed by atoms with van der Waals surface area (Å²) in [7, 11) is 0. The summed E-state index contributed by atoms with van der Waals surface area (Å²) >= 11 is 0. The van der Waals surface area contributed by atoms with Crippen molar-refractivity contribution in [3.05, 3.63) is 29.1 Å². The average molecular weight is 292 g/mol. The number of benzene rings is 1. The summed E-state index contributed by atoms with van der Waals surface area (Å²) in [6.45, 7) is 7.74. The first kappa shape index (κ1) is 14.8. The zero-order valence-corrected chi connectivity index (χ0v) is 13.0. The third-order valence-corrected chi connectivity index (χ3v) is 4.94. The van der Waals surface area contributed by atoms with E-state index in [0.717, 1.165) is 25.3 Å². The largest absolute Gasteiger partial charge is 0.389 e. The Hall–Kier alpha value is -1.13. The van der Waals surface area contributed by atoms with Crippen molar-refractivity contribution in [1.29, 1.82) is 0 Å². The zero-order chi connectivity index (χ0) is 15.0. The predicted octanol–water partition coefficient (Wildman–Crippen LogP) is 2.86. The molecular formula is C17H25FN2O. The molecule has 1 aromatic rings. The van der Waals surface area contributed by atoms with Gasteiger partial charge in [-0.1, -0.05) is 6.42 Å². The number of aryl methyl sites for hydroxylation is 1. The van der Waals surface area contributed by atoms with E-state index in [1.54, 1.807) is 13.8 Å². The molecule has 2 atom stereocenters. The minimum Gasteiger partial charge on any atom is -0.389 e. The second-order valence-electron chi connectivity index (χ2n) is 6.47. The van der Waals surface area contributed by atoms with Gasteiger partial charge in [-0.15, -0.1) is 0 Å².